The molecule has 0 spiro atoms. The van der Waals surface area contributed by atoms with Gasteiger partial charge in [-0.3, -0.25) is 4.90 Å². The summed E-state index contributed by atoms with van der Waals surface area (Å²) in [5.41, 5.74) is 1.36. The number of halogens is 1. The monoisotopic (exact) mass is 266 g/mol. The highest BCUT2D eigenvalue weighted by Crippen LogP contribution is 2.20. The van der Waals surface area contributed by atoms with Crippen LogP contribution in [0.1, 0.15) is 31.7 Å². The first kappa shape index (κ1) is 13.9. The van der Waals surface area contributed by atoms with Crippen molar-refractivity contribution in [3.8, 4) is 0 Å². The molecule has 1 saturated heterocycles. The molecule has 0 aromatic heterocycles. The third-order valence-corrected chi connectivity index (χ3v) is 3.93. The minimum Gasteiger partial charge on any atom is -0.315 e. The molecule has 100 valence electrons. The number of nitrogens with one attached hydrogen (secondary N) is 1. The number of likely N-dealkylation sites (tertiary alicyclic amines) is 1. The summed E-state index contributed by atoms with van der Waals surface area (Å²) in [4.78, 5) is 2.61. The topological polar surface area (TPSA) is 15.3 Å². The smallest absolute Gasteiger partial charge is 0.0406 e. The summed E-state index contributed by atoms with van der Waals surface area (Å²) in [5.74, 6) is 0. The molecule has 0 radical (unpaired) electrons. The predicted molar refractivity (Wildman–Crippen MR) is 78.0 cm³/mol. The molecule has 1 heterocycles. The Morgan fingerprint density at radius 3 is 2.78 bits per heavy atom. The molecular weight excluding hydrogens is 244 g/mol. The Hall–Kier alpha value is -0.570. The van der Waals surface area contributed by atoms with Crippen LogP contribution in [0.5, 0.6) is 0 Å². The number of hydrogen-bond acceptors (Lipinski definition) is 2. The first-order valence-electron chi connectivity index (χ1n) is 6.99. The van der Waals surface area contributed by atoms with Gasteiger partial charge >= 0.3 is 0 Å². The standard InChI is InChI=1S/C15H23ClN2/c1-2-17-11-15-5-3-4-10-18(15)12-13-6-8-14(16)9-7-13/h6-9,15,17H,2-5,10-12H2,1H3. The van der Waals surface area contributed by atoms with E-state index in [0.717, 1.165) is 24.7 Å². The van der Waals surface area contributed by atoms with Crippen LogP contribution in [0.3, 0.4) is 0 Å². The molecule has 2 rings (SSSR count). The normalized spacial score (nSPS) is 21.1. The second-order valence-corrected chi connectivity index (χ2v) is 5.49. The molecule has 1 aromatic rings. The molecule has 1 fully saturated rings. The molecule has 1 aliphatic heterocycles. The van der Waals surface area contributed by atoms with Crippen molar-refractivity contribution in [2.24, 2.45) is 0 Å². The van der Waals surface area contributed by atoms with Gasteiger partial charge in [0.2, 0.25) is 0 Å². The van der Waals surface area contributed by atoms with E-state index < -0.39 is 0 Å². The molecule has 0 saturated carbocycles. The Bertz CT molecular complexity index is 350. The van der Waals surface area contributed by atoms with Crippen LogP contribution in [-0.4, -0.2) is 30.6 Å². The first-order chi connectivity index (χ1) is 8.79. The molecule has 2 nitrogen and oxygen atoms in total. The van der Waals surface area contributed by atoms with Crippen LogP contribution < -0.4 is 5.32 Å². The van der Waals surface area contributed by atoms with Gasteiger partial charge in [-0.15, -0.1) is 0 Å². The van der Waals surface area contributed by atoms with Gasteiger partial charge in [-0.25, -0.2) is 0 Å². The van der Waals surface area contributed by atoms with Crippen molar-refractivity contribution in [1.29, 1.82) is 0 Å². The third-order valence-electron chi connectivity index (χ3n) is 3.68. The van der Waals surface area contributed by atoms with Gasteiger partial charge in [-0.1, -0.05) is 37.1 Å². The van der Waals surface area contributed by atoms with E-state index in [1.807, 2.05) is 12.1 Å². The van der Waals surface area contributed by atoms with E-state index in [0.29, 0.717) is 6.04 Å². The lowest BCUT2D eigenvalue weighted by Crippen LogP contribution is -2.44. The van der Waals surface area contributed by atoms with Gasteiger partial charge < -0.3 is 5.32 Å². The molecule has 0 bridgehead atoms. The Balaban J connectivity index is 1.94. The van der Waals surface area contributed by atoms with Crippen LogP contribution in [0.4, 0.5) is 0 Å². The van der Waals surface area contributed by atoms with Crippen LogP contribution in [-0.2, 0) is 6.54 Å². The zero-order chi connectivity index (χ0) is 12.8. The van der Waals surface area contributed by atoms with E-state index in [9.17, 15) is 0 Å². The molecule has 1 aliphatic rings. The summed E-state index contributed by atoms with van der Waals surface area (Å²) in [6, 6.07) is 8.94. The van der Waals surface area contributed by atoms with Gasteiger partial charge in [0.25, 0.3) is 0 Å². The number of hydrogen-bond donors (Lipinski definition) is 1. The van der Waals surface area contributed by atoms with Crippen LogP contribution >= 0.6 is 11.6 Å². The van der Waals surface area contributed by atoms with Crippen LogP contribution in [0.25, 0.3) is 0 Å². The van der Waals surface area contributed by atoms with Crippen LogP contribution in [0.2, 0.25) is 5.02 Å². The van der Waals surface area contributed by atoms with Gasteiger partial charge in [0.15, 0.2) is 0 Å². The largest absolute Gasteiger partial charge is 0.315 e. The summed E-state index contributed by atoms with van der Waals surface area (Å²) < 4.78 is 0. The molecule has 18 heavy (non-hydrogen) atoms. The van der Waals surface area contributed by atoms with E-state index in [1.54, 1.807) is 0 Å². The minimum atomic E-state index is 0.689. The fourth-order valence-corrected chi connectivity index (χ4v) is 2.76. The van der Waals surface area contributed by atoms with E-state index in [2.05, 4.69) is 29.3 Å². The van der Waals surface area contributed by atoms with Crippen molar-refractivity contribution < 1.29 is 0 Å². The maximum Gasteiger partial charge on any atom is 0.0406 e. The van der Waals surface area contributed by atoms with Gasteiger partial charge in [-0.2, -0.15) is 0 Å². The van der Waals surface area contributed by atoms with Crippen molar-refractivity contribution in [3.63, 3.8) is 0 Å². The third kappa shape index (κ3) is 3.98. The second kappa shape index (κ2) is 7.13. The van der Waals surface area contributed by atoms with Crippen molar-refractivity contribution in [1.82, 2.24) is 10.2 Å². The number of rotatable bonds is 5. The summed E-state index contributed by atoms with van der Waals surface area (Å²) in [7, 11) is 0. The maximum atomic E-state index is 5.93. The van der Waals surface area contributed by atoms with Crippen molar-refractivity contribution in [2.45, 2.75) is 38.8 Å². The highest BCUT2D eigenvalue weighted by molar-refractivity contribution is 6.30. The fourth-order valence-electron chi connectivity index (χ4n) is 2.63. The highest BCUT2D eigenvalue weighted by Gasteiger charge is 2.21. The molecule has 3 heteroatoms. The molecule has 1 unspecified atom stereocenters. The number of piperidine rings is 1. The van der Waals surface area contributed by atoms with E-state index >= 15 is 0 Å². The van der Waals surface area contributed by atoms with Crippen molar-refractivity contribution in [3.05, 3.63) is 34.9 Å². The van der Waals surface area contributed by atoms with Gasteiger partial charge in [0, 0.05) is 24.2 Å². The summed E-state index contributed by atoms with van der Waals surface area (Å²) >= 11 is 5.93. The fraction of sp³-hybridized carbons (Fsp3) is 0.600. The summed E-state index contributed by atoms with van der Waals surface area (Å²) in [5, 5.41) is 4.30. The summed E-state index contributed by atoms with van der Waals surface area (Å²) in [6.07, 6.45) is 4.02. The SMILES string of the molecule is CCNCC1CCCCN1Cc1ccc(Cl)cc1. The maximum absolute atomic E-state index is 5.93. The summed E-state index contributed by atoms with van der Waals surface area (Å²) in [6.45, 7) is 6.62. The van der Waals surface area contributed by atoms with Gasteiger partial charge in [0.05, 0.1) is 0 Å². The van der Waals surface area contributed by atoms with E-state index in [1.165, 1.54) is 31.4 Å². The minimum absolute atomic E-state index is 0.689. The molecule has 1 atom stereocenters. The molecular formula is C15H23ClN2. The molecule has 0 amide bonds. The zero-order valence-electron chi connectivity index (χ0n) is 11.2. The number of likely N-dealkylation sites (N-methyl/N-ethyl adjacent to an activating group) is 1. The lowest BCUT2D eigenvalue weighted by molar-refractivity contribution is 0.138. The van der Waals surface area contributed by atoms with E-state index in [4.69, 9.17) is 11.6 Å². The van der Waals surface area contributed by atoms with Crippen molar-refractivity contribution in [2.75, 3.05) is 19.6 Å². The van der Waals surface area contributed by atoms with Gasteiger partial charge in [0.1, 0.15) is 0 Å². The Morgan fingerprint density at radius 2 is 2.06 bits per heavy atom. The average molecular weight is 267 g/mol. The Morgan fingerprint density at radius 1 is 1.28 bits per heavy atom. The highest BCUT2D eigenvalue weighted by atomic mass is 35.5. The lowest BCUT2D eigenvalue weighted by atomic mass is 10.0. The van der Waals surface area contributed by atoms with Crippen LogP contribution in [0.15, 0.2) is 24.3 Å². The molecule has 1 N–H and O–H groups in total. The van der Waals surface area contributed by atoms with Gasteiger partial charge in [-0.05, 0) is 43.6 Å². The zero-order valence-corrected chi connectivity index (χ0v) is 11.9. The average Bonchev–Trinajstić information content (AvgIpc) is 2.40. The number of benzene rings is 1. The molecule has 0 aliphatic carbocycles. The Kier molecular flexibility index (Phi) is 5.48. The lowest BCUT2D eigenvalue weighted by Gasteiger charge is -2.36. The van der Waals surface area contributed by atoms with E-state index in [-0.39, 0.29) is 0 Å². The van der Waals surface area contributed by atoms with Crippen LogP contribution in [0, 0.1) is 0 Å². The molecule has 1 aromatic carbocycles. The Labute approximate surface area is 115 Å². The quantitative estimate of drug-likeness (QED) is 0.880. The second-order valence-electron chi connectivity index (χ2n) is 5.05. The predicted octanol–water partition coefficient (Wildman–Crippen LogP) is 3.30. The number of nitrogens with zero attached hydrogens (tertiary/aromatic N) is 1. The van der Waals surface area contributed by atoms with Crippen molar-refractivity contribution >= 4 is 11.6 Å². The first-order valence-corrected chi connectivity index (χ1v) is 7.36.